The van der Waals surface area contributed by atoms with Crippen LogP contribution in [0.15, 0.2) is 0 Å². The van der Waals surface area contributed by atoms with Gasteiger partial charge < -0.3 is 4.90 Å². The lowest BCUT2D eigenvalue weighted by Crippen LogP contribution is -2.32. The fourth-order valence-electron chi connectivity index (χ4n) is 0.904. The molecule has 62 valence electrons. The minimum Gasteiger partial charge on any atom is -0.303 e. The van der Waals surface area contributed by atoms with Crippen LogP contribution in [0.3, 0.4) is 0 Å². The Hall–Kier alpha value is -1.83. The smallest absolute Gasteiger partial charge is 0.303 e. The fourth-order valence-corrected chi connectivity index (χ4v) is 0.904. The maximum absolute atomic E-state index is 11.0. The van der Waals surface area contributed by atoms with Gasteiger partial charge >= 0.3 is 6.03 Å². The van der Waals surface area contributed by atoms with Crippen LogP contribution in [0.25, 0.3) is 0 Å². The van der Waals surface area contributed by atoms with Crippen LogP contribution in [-0.2, 0) is 9.59 Å². The van der Waals surface area contributed by atoms with Gasteiger partial charge in [-0.25, -0.2) is 9.69 Å². The first-order valence-corrected chi connectivity index (χ1v) is 3.20. The minimum absolute atomic E-state index is 0.0505. The van der Waals surface area contributed by atoms with Gasteiger partial charge in [-0.1, -0.05) is 5.92 Å². The van der Waals surface area contributed by atoms with Gasteiger partial charge in [0.15, 0.2) is 0 Å². The molecule has 0 N–H and O–H groups in total. The summed E-state index contributed by atoms with van der Waals surface area (Å²) >= 11 is 0. The molecule has 0 aliphatic carbocycles. The molecule has 0 aromatic rings. The maximum Gasteiger partial charge on any atom is 0.334 e. The van der Waals surface area contributed by atoms with Crippen molar-refractivity contribution in [3.63, 3.8) is 0 Å². The van der Waals surface area contributed by atoms with Crippen molar-refractivity contribution in [2.75, 3.05) is 13.1 Å². The Balaban J connectivity index is 2.76. The number of nitrogens with zero attached hydrogens (tertiary/aromatic N) is 2. The molecule has 1 aliphatic rings. The summed E-state index contributed by atoms with van der Waals surface area (Å²) in [5.74, 6) is 1.68. The summed E-state index contributed by atoms with van der Waals surface area (Å²) in [6.45, 7) is -0.0588. The van der Waals surface area contributed by atoms with Crippen LogP contribution in [0, 0.1) is 12.3 Å². The van der Waals surface area contributed by atoms with Crippen molar-refractivity contribution < 1.29 is 14.4 Å². The summed E-state index contributed by atoms with van der Waals surface area (Å²) in [5, 5.41) is 0. The quantitative estimate of drug-likeness (QED) is 0.301. The van der Waals surface area contributed by atoms with Crippen molar-refractivity contribution in [3.8, 4) is 12.3 Å². The SMILES string of the molecule is C#CCN1CC(=O)N(C=O)C1=O. The summed E-state index contributed by atoms with van der Waals surface area (Å²) in [5.41, 5.74) is 0. The Labute approximate surface area is 68.9 Å². The highest BCUT2D eigenvalue weighted by Gasteiger charge is 2.34. The van der Waals surface area contributed by atoms with Crippen molar-refractivity contribution in [1.82, 2.24) is 9.80 Å². The van der Waals surface area contributed by atoms with E-state index in [-0.39, 0.29) is 19.5 Å². The first-order valence-electron chi connectivity index (χ1n) is 3.20. The van der Waals surface area contributed by atoms with Gasteiger partial charge in [-0.05, 0) is 0 Å². The average molecular weight is 166 g/mol. The van der Waals surface area contributed by atoms with E-state index >= 15 is 0 Å². The molecule has 1 fully saturated rings. The van der Waals surface area contributed by atoms with Crippen LogP contribution in [0.1, 0.15) is 0 Å². The van der Waals surface area contributed by atoms with Crippen LogP contribution in [0.2, 0.25) is 0 Å². The third-order valence-corrected chi connectivity index (χ3v) is 1.46. The highest BCUT2D eigenvalue weighted by molar-refractivity contribution is 6.09. The van der Waals surface area contributed by atoms with Crippen LogP contribution in [0.4, 0.5) is 4.79 Å². The zero-order valence-corrected chi connectivity index (χ0v) is 6.19. The predicted octanol–water partition coefficient (Wildman–Crippen LogP) is -0.960. The summed E-state index contributed by atoms with van der Waals surface area (Å²) in [4.78, 5) is 33.7. The van der Waals surface area contributed by atoms with Gasteiger partial charge in [-0.15, -0.1) is 6.42 Å². The van der Waals surface area contributed by atoms with Crippen LogP contribution in [-0.4, -0.2) is 41.2 Å². The molecular formula is C7H6N2O3. The lowest BCUT2D eigenvalue weighted by Gasteiger charge is -2.08. The fraction of sp³-hybridized carbons (Fsp3) is 0.286. The molecule has 1 saturated heterocycles. The second-order valence-corrected chi connectivity index (χ2v) is 2.21. The second kappa shape index (κ2) is 3.05. The minimum atomic E-state index is -0.645. The first-order chi connectivity index (χ1) is 5.70. The molecule has 0 saturated carbocycles. The molecule has 0 spiro atoms. The molecule has 1 rings (SSSR count). The lowest BCUT2D eigenvalue weighted by molar-refractivity contribution is -0.131. The Morgan fingerprint density at radius 1 is 1.58 bits per heavy atom. The van der Waals surface area contributed by atoms with E-state index in [1.54, 1.807) is 0 Å². The van der Waals surface area contributed by atoms with E-state index in [9.17, 15) is 14.4 Å². The molecular weight excluding hydrogens is 160 g/mol. The van der Waals surface area contributed by atoms with E-state index in [1.165, 1.54) is 0 Å². The van der Waals surface area contributed by atoms with Crippen molar-refractivity contribution in [3.05, 3.63) is 0 Å². The topological polar surface area (TPSA) is 57.7 Å². The maximum atomic E-state index is 11.0. The molecule has 0 aromatic carbocycles. The van der Waals surface area contributed by atoms with Crippen molar-refractivity contribution in [1.29, 1.82) is 0 Å². The van der Waals surface area contributed by atoms with E-state index < -0.39 is 11.9 Å². The molecule has 0 bridgehead atoms. The number of rotatable bonds is 2. The summed E-state index contributed by atoms with van der Waals surface area (Å²) in [6, 6.07) is -0.645. The van der Waals surface area contributed by atoms with Crippen LogP contribution >= 0.6 is 0 Å². The molecule has 0 atom stereocenters. The third-order valence-electron chi connectivity index (χ3n) is 1.46. The van der Waals surface area contributed by atoms with E-state index in [0.717, 1.165) is 4.90 Å². The van der Waals surface area contributed by atoms with Gasteiger partial charge in [0.1, 0.15) is 6.54 Å². The number of amides is 4. The van der Waals surface area contributed by atoms with E-state index in [4.69, 9.17) is 6.42 Å². The zero-order valence-electron chi connectivity index (χ0n) is 6.19. The van der Waals surface area contributed by atoms with Crippen LogP contribution < -0.4 is 0 Å². The second-order valence-electron chi connectivity index (χ2n) is 2.21. The lowest BCUT2D eigenvalue weighted by atomic mass is 10.5. The molecule has 1 heterocycles. The van der Waals surface area contributed by atoms with Gasteiger partial charge in [0.25, 0.3) is 5.91 Å². The normalized spacial score (nSPS) is 16.6. The Morgan fingerprint density at radius 3 is 2.67 bits per heavy atom. The highest BCUT2D eigenvalue weighted by Crippen LogP contribution is 2.06. The Morgan fingerprint density at radius 2 is 2.25 bits per heavy atom. The Bertz CT molecular complexity index is 279. The van der Waals surface area contributed by atoms with Crippen molar-refractivity contribution >= 4 is 18.3 Å². The summed E-state index contributed by atoms with van der Waals surface area (Å²) in [6.07, 6.45) is 5.14. The number of imide groups is 3. The number of hydrogen-bond donors (Lipinski definition) is 0. The molecule has 0 radical (unpaired) electrons. The molecule has 5 heteroatoms. The summed E-state index contributed by atoms with van der Waals surface area (Å²) < 4.78 is 0. The molecule has 4 amide bonds. The van der Waals surface area contributed by atoms with Gasteiger partial charge in [-0.3, -0.25) is 9.59 Å². The van der Waals surface area contributed by atoms with Crippen molar-refractivity contribution in [2.24, 2.45) is 0 Å². The third kappa shape index (κ3) is 1.14. The zero-order chi connectivity index (χ0) is 9.14. The number of terminal acetylenes is 1. The van der Waals surface area contributed by atoms with E-state index in [1.807, 2.05) is 0 Å². The number of hydrogen-bond acceptors (Lipinski definition) is 3. The average Bonchev–Trinajstić information content (AvgIpc) is 2.29. The van der Waals surface area contributed by atoms with Gasteiger partial charge in [0.05, 0.1) is 6.54 Å². The first kappa shape index (κ1) is 8.27. The molecule has 0 aromatic heterocycles. The van der Waals surface area contributed by atoms with Gasteiger partial charge in [0, 0.05) is 0 Å². The van der Waals surface area contributed by atoms with Gasteiger partial charge in [-0.2, -0.15) is 0 Å². The largest absolute Gasteiger partial charge is 0.334 e. The standard InChI is InChI=1S/C7H6N2O3/c1-2-3-8-4-6(11)9(5-10)7(8)12/h1,5H,3-4H2. The Kier molecular flexibility index (Phi) is 2.10. The number of urea groups is 1. The molecule has 5 nitrogen and oxygen atoms in total. The predicted molar refractivity (Wildman–Crippen MR) is 38.7 cm³/mol. The van der Waals surface area contributed by atoms with E-state index in [2.05, 4.69) is 5.92 Å². The molecule has 1 aliphatic heterocycles. The van der Waals surface area contributed by atoms with Crippen molar-refractivity contribution in [2.45, 2.75) is 0 Å². The number of carbonyl (C=O) groups excluding carboxylic acids is 3. The van der Waals surface area contributed by atoms with Crippen LogP contribution in [0.5, 0.6) is 0 Å². The summed E-state index contributed by atoms with van der Waals surface area (Å²) in [7, 11) is 0. The van der Waals surface area contributed by atoms with E-state index in [0.29, 0.717) is 4.90 Å². The monoisotopic (exact) mass is 166 g/mol. The molecule has 12 heavy (non-hydrogen) atoms. The van der Waals surface area contributed by atoms with Gasteiger partial charge in [0.2, 0.25) is 6.41 Å². The number of carbonyl (C=O) groups is 3. The molecule has 0 unspecified atom stereocenters. The highest BCUT2D eigenvalue weighted by atomic mass is 16.2.